The molecule has 0 aliphatic carbocycles. The Balaban J connectivity index is 1.65. The summed E-state index contributed by atoms with van der Waals surface area (Å²) in [6.07, 6.45) is 0. The van der Waals surface area contributed by atoms with Gasteiger partial charge in [-0.1, -0.05) is 79.4 Å². The molecule has 1 heterocycles. The molecule has 5 nitrogen and oxygen atoms in total. The molecule has 0 spiro atoms. The van der Waals surface area contributed by atoms with Crippen LogP contribution in [-0.4, -0.2) is 17.0 Å². The first kappa shape index (κ1) is 20.5. The van der Waals surface area contributed by atoms with Crippen molar-refractivity contribution in [2.24, 2.45) is 0 Å². The van der Waals surface area contributed by atoms with Crippen LogP contribution in [0.1, 0.15) is 16.7 Å². The van der Waals surface area contributed by atoms with Crippen molar-refractivity contribution >= 4 is 17.6 Å². The fourth-order valence-electron chi connectivity index (χ4n) is 3.66. The molecule has 1 aliphatic heterocycles. The average Bonchev–Trinajstić information content (AvgIpc) is 3.02. The molecular weight excluding hydrogens is 397 g/mol. The zero-order chi connectivity index (χ0) is 22.0. The fraction of sp³-hybridized carbons (Fsp3) is 0.120. The second-order valence-electron chi connectivity index (χ2n) is 7.26. The largest absolute Gasteiger partial charge is 0.457 e. The van der Waals surface area contributed by atoms with Crippen molar-refractivity contribution in [1.29, 1.82) is 0 Å². The van der Waals surface area contributed by atoms with Crippen molar-refractivity contribution in [3.63, 3.8) is 0 Å². The Morgan fingerprint density at radius 3 is 2.23 bits per heavy atom. The third-order valence-electron chi connectivity index (χ3n) is 5.28. The number of ether oxygens (including phenoxy) is 1. The van der Waals surface area contributed by atoms with Gasteiger partial charge in [-0.3, -0.25) is 4.79 Å². The SMILES string of the molecule is C=C(C(=O)OCc1ccccc1)[C@@]1(O)C(=O)N(Cc2ccccc2)c2c(F)cccc21. The maximum atomic E-state index is 14.7. The van der Waals surface area contributed by atoms with Gasteiger partial charge in [0.15, 0.2) is 0 Å². The van der Waals surface area contributed by atoms with Gasteiger partial charge in [-0.25, -0.2) is 9.18 Å². The van der Waals surface area contributed by atoms with Gasteiger partial charge >= 0.3 is 5.97 Å². The minimum Gasteiger partial charge on any atom is -0.457 e. The van der Waals surface area contributed by atoms with Gasteiger partial charge in [0, 0.05) is 5.56 Å². The standard InChI is InChI=1S/C25H20FNO4/c1-17(23(28)31-16-19-11-6-3-7-12-19)25(30)20-13-8-14-21(26)22(20)27(24(25)29)15-18-9-4-2-5-10-18/h2-14,30H,1,15-16H2/t25-/m0/s1. The van der Waals surface area contributed by atoms with E-state index in [0.717, 1.165) is 16.0 Å². The van der Waals surface area contributed by atoms with Crippen LogP contribution in [0.15, 0.2) is 91.0 Å². The van der Waals surface area contributed by atoms with Crippen LogP contribution in [0.5, 0.6) is 0 Å². The van der Waals surface area contributed by atoms with Gasteiger partial charge in [-0.15, -0.1) is 0 Å². The van der Waals surface area contributed by atoms with Crippen molar-refractivity contribution in [3.05, 3.63) is 114 Å². The number of amides is 1. The summed E-state index contributed by atoms with van der Waals surface area (Å²) < 4.78 is 20.0. The smallest absolute Gasteiger partial charge is 0.337 e. The molecule has 0 bridgehead atoms. The molecule has 0 saturated heterocycles. The molecule has 0 saturated carbocycles. The molecule has 0 aromatic heterocycles. The number of esters is 1. The number of carbonyl (C=O) groups is 2. The normalized spacial score (nSPS) is 17.4. The van der Waals surface area contributed by atoms with Gasteiger partial charge in [0.2, 0.25) is 5.60 Å². The van der Waals surface area contributed by atoms with Crippen LogP contribution in [0.2, 0.25) is 0 Å². The number of hydrogen-bond acceptors (Lipinski definition) is 4. The molecule has 4 rings (SSSR count). The lowest BCUT2D eigenvalue weighted by molar-refractivity contribution is -0.147. The minimum atomic E-state index is -2.42. The Labute approximate surface area is 179 Å². The quantitative estimate of drug-likeness (QED) is 0.489. The Morgan fingerprint density at radius 1 is 0.968 bits per heavy atom. The first-order valence-electron chi connectivity index (χ1n) is 9.70. The molecule has 1 atom stereocenters. The van der Waals surface area contributed by atoms with E-state index in [4.69, 9.17) is 4.74 Å². The first-order valence-corrected chi connectivity index (χ1v) is 9.70. The topological polar surface area (TPSA) is 66.8 Å². The van der Waals surface area contributed by atoms with Gasteiger partial charge in [-0.05, 0) is 17.2 Å². The molecule has 1 aliphatic rings. The highest BCUT2D eigenvalue weighted by molar-refractivity contribution is 6.13. The lowest BCUT2D eigenvalue weighted by Crippen LogP contribution is -2.43. The monoisotopic (exact) mass is 417 g/mol. The fourth-order valence-corrected chi connectivity index (χ4v) is 3.66. The number of halogens is 1. The van der Waals surface area contributed by atoms with Crippen molar-refractivity contribution < 1.29 is 23.8 Å². The van der Waals surface area contributed by atoms with E-state index < -0.39 is 28.9 Å². The molecular formula is C25H20FNO4. The molecule has 1 amide bonds. The molecule has 1 N–H and O–H groups in total. The van der Waals surface area contributed by atoms with E-state index >= 15 is 0 Å². The van der Waals surface area contributed by atoms with Crippen LogP contribution < -0.4 is 4.90 Å². The predicted octanol–water partition coefficient (Wildman–Crippen LogP) is 3.86. The lowest BCUT2D eigenvalue weighted by atomic mass is 9.88. The van der Waals surface area contributed by atoms with Crippen LogP contribution in [0, 0.1) is 5.82 Å². The Hall–Kier alpha value is -3.77. The van der Waals surface area contributed by atoms with Crippen LogP contribution >= 0.6 is 0 Å². The Morgan fingerprint density at radius 2 is 1.58 bits per heavy atom. The molecule has 6 heteroatoms. The van der Waals surface area contributed by atoms with E-state index in [2.05, 4.69) is 6.58 Å². The third kappa shape index (κ3) is 3.62. The summed E-state index contributed by atoms with van der Waals surface area (Å²) in [6, 6.07) is 22.0. The number of fused-ring (bicyclic) bond motifs is 1. The van der Waals surface area contributed by atoms with E-state index in [1.807, 2.05) is 12.1 Å². The van der Waals surface area contributed by atoms with E-state index in [1.165, 1.54) is 18.2 Å². The van der Waals surface area contributed by atoms with Gasteiger partial charge < -0.3 is 14.7 Å². The number of rotatable bonds is 6. The zero-order valence-corrected chi connectivity index (χ0v) is 16.6. The van der Waals surface area contributed by atoms with Crippen LogP contribution in [0.25, 0.3) is 0 Å². The molecule has 31 heavy (non-hydrogen) atoms. The third-order valence-corrected chi connectivity index (χ3v) is 5.28. The summed E-state index contributed by atoms with van der Waals surface area (Å²) in [5.74, 6) is -2.46. The van der Waals surface area contributed by atoms with Gasteiger partial charge in [0.1, 0.15) is 12.4 Å². The van der Waals surface area contributed by atoms with Crippen molar-refractivity contribution in [3.8, 4) is 0 Å². The summed E-state index contributed by atoms with van der Waals surface area (Å²) in [6.45, 7) is 3.63. The van der Waals surface area contributed by atoms with Crippen molar-refractivity contribution in [2.45, 2.75) is 18.8 Å². The maximum absolute atomic E-state index is 14.7. The van der Waals surface area contributed by atoms with Crippen molar-refractivity contribution in [1.82, 2.24) is 0 Å². The number of benzene rings is 3. The lowest BCUT2D eigenvalue weighted by Gasteiger charge is -2.24. The number of aliphatic hydroxyl groups is 1. The van der Waals surface area contributed by atoms with Crippen LogP contribution in [0.3, 0.4) is 0 Å². The predicted molar refractivity (Wildman–Crippen MR) is 113 cm³/mol. The number of carbonyl (C=O) groups excluding carboxylic acids is 2. The van der Waals surface area contributed by atoms with Gasteiger partial charge in [0.05, 0.1) is 17.8 Å². The Bertz CT molecular complexity index is 1150. The van der Waals surface area contributed by atoms with Crippen LogP contribution in [-0.2, 0) is 33.1 Å². The average molecular weight is 417 g/mol. The molecule has 0 radical (unpaired) electrons. The number of hydrogen-bond donors (Lipinski definition) is 1. The maximum Gasteiger partial charge on any atom is 0.337 e. The molecule has 3 aromatic carbocycles. The molecule has 156 valence electrons. The van der Waals surface area contributed by atoms with Gasteiger partial charge in [-0.2, -0.15) is 0 Å². The molecule has 0 unspecified atom stereocenters. The number of anilines is 1. The summed E-state index contributed by atoms with van der Waals surface area (Å²) in [5, 5.41) is 11.4. The van der Waals surface area contributed by atoms with E-state index in [9.17, 15) is 19.1 Å². The summed E-state index contributed by atoms with van der Waals surface area (Å²) in [5.41, 5.74) is -1.50. The molecule has 0 fully saturated rings. The zero-order valence-electron chi connectivity index (χ0n) is 16.6. The van der Waals surface area contributed by atoms with Crippen molar-refractivity contribution in [2.75, 3.05) is 4.90 Å². The highest BCUT2D eigenvalue weighted by Gasteiger charge is 2.55. The minimum absolute atomic E-state index is 0.0300. The highest BCUT2D eigenvalue weighted by Crippen LogP contribution is 2.46. The highest BCUT2D eigenvalue weighted by atomic mass is 19.1. The van der Waals surface area contributed by atoms with E-state index in [0.29, 0.717) is 0 Å². The second kappa shape index (κ2) is 8.16. The van der Waals surface area contributed by atoms with Gasteiger partial charge in [0.25, 0.3) is 5.91 Å². The first-order chi connectivity index (χ1) is 14.9. The number of nitrogens with zero attached hydrogens (tertiary/aromatic N) is 1. The summed E-state index contributed by atoms with van der Waals surface area (Å²) in [7, 11) is 0. The van der Waals surface area contributed by atoms with Crippen LogP contribution in [0.4, 0.5) is 10.1 Å². The van der Waals surface area contributed by atoms with E-state index in [-0.39, 0.29) is 24.4 Å². The summed E-state index contributed by atoms with van der Waals surface area (Å²) in [4.78, 5) is 27.1. The molecule has 3 aromatic rings. The van der Waals surface area contributed by atoms with E-state index in [1.54, 1.807) is 48.5 Å². The number of para-hydroxylation sites is 1. The summed E-state index contributed by atoms with van der Waals surface area (Å²) >= 11 is 0. The second-order valence-corrected chi connectivity index (χ2v) is 7.26. The Kier molecular flexibility index (Phi) is 5.40.